The van der Waals surface area contributed by atoms with E-state index in [1.54, 1.807) is 34.9 Å². The van der Waals surface area contributed by atoms with Gasteiger partial charge in [-0.1, -0.05) is 59.2 Å². The molecule has 0 bridgehead atoms. The molecule has 4 rings (SSSR count). The van der Waals surface area contributed by atoms with E-state index in [0.717, 1.165) is 21.2 Å². The Morgan fingerprint density at radius 3 is 2.00 bits per heavy atom. The summed E-state index contributed by atoms with van der Waals surface area (Å²) < 4.78 is 0. The van der Waals surface area contributed by atoms with E-state index in [0.29, 0.717) is 15.6 Å². The van der Waals surface area contributed by atoms with Gasteiger partial charge in [-0.25, -0.2) is 0 Å². The summed E-state index contributed by atoms with van der Waals surface area (Å²) >= 11 is 13.9. The van der Waals surface area contributed by atoms with Crippen LogP contribution in [0.4, 0.5) is 11.4 Å². The fraction of sp³-hybridized carbons (Fsp3) is 0. The maximum atomic E-state index is 13.2. The first-order valence-electron chi connectivity index (χ1n) is 7.30. The maximum Gasteiger partial charge on any atom is 0.264 e. The fourth-order valence-corrected chi connectivity index (χ4v) is 4.25. The Morgan fingerprint density at radius 1 is 0.833 bits per heavy atom. The van der Waals surface area contributed by atoms with Gasteiger partial charge in [-0.15, -0.1) is 0 Å². The summed E-state index contributed by atoms with van der Waals surface area (Å²) in [6.45, 7) is 0. The number of anilines is 2. The van der Waals surface area contributed by atoms with E-state index >= 15 is 0 Å². The van der Waals surface area contributed by atoms with Gasteiger partial charge in [0.15, 0.2) is 0 Å². The van der Waals surface area contributed by atoms with Crippen molar-refractivity contribution in [1.29, 1.82) is 0 Å². The lowest BCUT2D eigenvalue weighted by molar-refractivity contribution is 0.0998. The molecule has 1 heterocycles. The summed E-state index contributed by atoms with van der Waals surface area (Å²) in [5, 5.41) is 0.854. The lowest BCUT2D eigenvalue weighted by atomic mass is 10.1. The van der Waals surface area contributed by atoms with Crippen molar-refractivity contribution in [2.45, 2.75) is 9.79 Å². The van der Waals surface area contributed by atoms with Crippen LogP contribution in [0.25, 0.3) is 0 Å². The molecule has 0 unspecified atom stereocenters. The van der Waals surface area contributed by atoms with Gasteiger partial charge in [-0.05, 0) is 42.5 Å². The summed E-state index contributed by atoms with van der Waals surface area (Å²) in [6, 6.07) is 20.6. The van der Waals surface area contributed by atoms with Gasteiger partial charge in [0.2, 0.25) is 0 Å². The Balaban J connectivity index is 1.89. The van der Waals surface area contributed by atoms with Gasteiger partial charge in [0, 0.05) is 14.8 Å². The molecule has 3 aromatic carbocycles. The van der Waals surface area contributed by atoms with E-state index in [-0.39, 0.29) is 5.91 Å². The Kier molecular flexibility index (Phi) is 4.01. The first-order chi connectivity index (χ1) is 11.6. The number of fused-ring (bicyclic) bond motifs is 2. The molecule has 24 heavy (non-hydrogen) atoms. The van der Waals surface area contributed by atoms with E-state index in [1.165, 1.54) is 0 Å². The molecular weight excluding hydrogens is 361 g/mol. The number of carbonyl (C=O) groups excluding carboxylic acids is 1. The number of carbonyl (C=O) groups is 1. The van der Waals surface area contributed by atoms with E-state index in [9.17, 15) is 4.79 Å². The zero-order chi connectivity index (χ0) is 16.7. The molecule has 0 fully saturated rings. The van der Waals surface area contributed by atoms with E-state index in [2.05, 4.69) is 0 Å². The van der Waals surface area contributed by atoms with Crippen molar-refractivity contribution in [2.75, 3.05) is 4.90 Å². The van der Waals surface area contributed by atoms with Crippen molar-refractivity contribution in [3.8, 4) is 0 Å². The molecule has 118 valence electrons. The van der Waals surface area contributed by atoms with Crippen molar-refractivity contribution in [1.82, 2.24) is 0 Å². The molecule has 0 aliphatic carbocycles. The molecule has 0 spiro atoms. The van der Waals surface area contributed by atoms with Crippen LogP contribution in [0, 0.1) is 0 Å². The normalized spacial score (nSPS) is 12.5. The predicted molar refractivity (Wildman–Crippen MR) is 99.9 cm³/mol. The molecule has 3 aromatic rings. The fourth-order valence-electron chi connectivity index (χ4n) is 2.71. The Labute approximate surface area is 154 Å². The zero-order valence-corrected chi connectivity index (χ0v) is 14.7. The number of halogens is 2. The number of hydrogen-bond acceptors (Lipinski definition) is 2. The van der Waals surface area contributed by atoms with Crippen molar-refractivity contribution in [3.63, 3.8) is 0 Å². The monoisotopic (exact) mass is 371 g/mol. The van der Waals surface area contributed by atoms with Gasteiger partial charge in [-0.3, -0.25) is 9.69 Å². The average molecular weight is 372 g/mol. The molecule has 0 aromatic heterocycles. The highest BCUT2D eigenvalue weighted by Crippen LogP contribution is 2.48. The Bertz CT molecular complexity index is 912. The lowest BCUT2D eigenvalue weighted by Crippen LogP contribution is -2.28. The lowest BCUT2D eigenvalue weighted by Gasteiger charge is -2.31. The summed E-state index contributed by atoms with van der Waals surface area (Å²) in [7, 11) is 0. The first-order valence-corrected chi connectivity index (χ1v) is 8.88. The molecule has 0 saturated carbocycles. The highest BCUT2D eigenvalue weighted by molar-refractivity contribution is 7.99. The van der Waals surface area contributed by atoms with Crippen molar-refractivity contribution < 1.29 is 4.79 Å². The van der Waals surface area contributed by atoms with E-state index in [1.807, 2.05) is 48.5 Å². The second-order valence-electron chi connectivity index (χ2n) is 5.30. The van der Waals surface area contributed by atoms with Crippen LogP contribution < -0.4 is 4.90 Å². The van der Waals surface area contributed by atoms with Crippen LogP contribution >= 0.6 is 35.0 Å². The largest absolute Gasteiger partial charge is 0.275 e. The van der Waals surface area contributed by atoms with Gasteiger partial charge in [0.1, 0.15) is 0 Å². The summed E-state index contributed by atoms with van der Waals surface area (Å²) in [5.41, 5.74) is 2.15. The topological polar surface area (TPSA) is 20.3 Å². The number of para-hydroxylation sites is 2. The minimum atomic E-state index is -0.170. The summed E-state index contributed by atoms with van der Waals surface area (Å²) in [6.07, 6.45) is 0. The molecule has 0 N–H and O–H groups in total. The third-order valence-electron chi connectivity index (χ3n) is 3.80. The number of rotatable bonds is 1. The number of benzene rings is 3. The van der Waals surface area contributed by atoms with Gasteiger partial charge in [0.25, 0.3) is 5.91 Å². The number of amides is 1. The SMILES string of the molecule is O=C(c1ccc(Cl)cc1Cl)N1c2ccccc2Sc2ccccc21. The second kappa shape index (κ2) is 6.17. The molecule has 1 aliphatic rings. The summed E-state index contributed by atoms with van der Waals surface area (Å²) in [5.74, 6) is -0.170. The van der Waals surface area contributed by atoms with Crippen LogP contribution in [0.1, 0.15) is 10.4 Å². The Hall–Kier alpha value is -1.94. The van der Waals surface area contributed by atoms with Crippen LogP contribution in [0.2, 0.25) is 10.0 Å². The molecule has 0 saturated heterocycles. The summed E-state index contributed by atoms with van der Waals surface area (Å²) in [4.78, 5) is 17.0. The molecule has 0 radical (unpaired) electrons. The van der Waals surface area contributed by atoms with Crippen LogP contribution in [-0.2, 0) is 0 Å². The van der Waals surface area contributed by atoms with Gasteiger partial charge < -0.3 is 0 Å². The zero-order valence-electron chi connectivity index (χ0n) is 12.4. The minimum absolute atomic E-state index is 0.170. The smallest absolute Gasteiger partial charge is 0.264 e. The van der Waals surface area contributed by atoms with Crippen LogP contribution in [0.5, 0.6) is 0 Å². The van der Waals surface area contributed by atoms with Gasteiger partial charge in [0.05, 0.1) is 22.0 Å². The molecule has 1 amide bonds. The number of hydrogen-bond donors (Lipinski definition) is 0. The van der Waals surface area contributed by atoms with Crippen LogP contribution in [0.15, 0.2) is 76.5 Å². The minimum Gasteiger partial charge on any atom is -0.275 e. The maximum absolute atomic E-state index is 13.2. The number of nitrogens with zero attached hydrogens (tertiary/aromatic N) is 1. The quantitative estimate of drug-likeness (QED) is 0.490. The van der Waals surface area contributed by atoms with Gasteiger partial charge >= 0.3 is 0 Å². The second-order valence-corrected chi connectivity index (χ2v) is 7.23. The Morgan fingerprint density at radius 2 is 1.42 bits per heavy atom. The third-order valence-corrected chi connectivity index (χ3v) is 5.47. The average Bonchev–Trinajstić information content (AvgIpc) is 2.59. The highest BCUT2D eigenvalue weighted by Gasteiger charge is 2.29. The highest BCUT2D eigenvalue weighted by atomic mass is 35.5. The van der Waals surface area contributed by atoms with Crippen molar-refractivity contribution in [2.24, 2.45) is 0 Å². The molecular formula is C19H11Cl2NOS. The molecule has 1 aliphatic heterocycles. The molecule has 2 nitrogen and oxygen atoms in total. The van der Waals surface area contributed by atoms with Gasteiger partial charge in [-0.2, -0.15) is 0 Å². The first kappa shape index (κ1) is 15.6. The van der Waals surface area contributed by atoms with Crippen molar-refractivity contribution >= 4 is 52.2 Å². The predicted octanol–water partition coefficient (Wildman–Crippen LogP) is 6.44. The van der Waals surface area contributed by atoms with E-state index in [4.69, 9.17) is 23.2 Å². The van der Waals surface area contributed by atoms with Crippen LogP contribution in [-0.4, -0.2) is 5.91 Å². The van der Waals surface area contributed by atoms with Crippen LogP contribution in [0.3, 0.4) is 0 Å². The third kappa shape index (κ3) is 2.59. The van der Waals surface area contributed by atoms with E-state index < -0.39 is 0 Å². The molecule has 0 atom stereocenters. The standard InChI is InChI=1S/C19H11Cl2NOS/c20-12-9-10-13(14(21)11-12)19(23)22-15-5-1-3-7-17(15)24-18-8-4-2-6-16(18)22/h1-11H. The van der Waals surface area contributed by atoms with Crippen molar-refractivity contribution in [3.05, 3.63) is 82.3 Å². The molecule has 5 heteroatoms.